The number of hydrogen-bond acceptors (Lipinski definition) is 8. The number of imidazole rings is 1. The first kappa shape index (κ1) is 21.2. The number of hydrazine groups is 2. The lowest BCUT2D eigenvalue weighted by atomic mass is 10.1. The lowest BCUT2D eigenvalue weighted by molar-refractivity contribution is -0.137. The molecule has 13 heteroatoms. The number of pyridine rings is 2. The van der Waals surface area contributed by atoms with Gasteiger partial charge in [-0.2, -0.15) is 13.2 Å². The molecule has 172 valence electrons. The van der Waals surface area contributed by atoms with Crippen molar-refractivity contribution in [3.8, 4) is 11.1 Å². The van der Waals surface area contributed by atoms with E-state index < -0.39 is 17.6 Å². The number of benzene rings is 1. The quantitative estimate of drug-likeness (QED) is 0.311. The number of carbonyl (C=O) groups excluding carboxylic acids is 1. The number of anilines is 2. The summed E-state index contributed by atoms with van der Waals surface area (Å²) in [6.45, 7) is 0. The molecule has 0 saturated carbocycles. The predicted molar refractivity (Wildman–Crippen MR) is 118 cm³/mol. The second-order valence-corrected chi connectivity index (χ2v) is 7.32. The summed E-state index contributed by atoms with van der Waals surface area (Å²) >= 11 is 0. The molecule has 0 saturated heterocycles. The Morgan fingerprint density at radius 1 is 1.06 bits per heavy atom. The van der Waals surface area contributed by atoms with E-state index in [1.807, 2.05) is 0 Å². The molecule has 0 radical (unpaired) electrons. The van der Waals surface area contributed by atoms with Crippen LogP contribution >= 0.6 is 0 Å². The molecular weight excluding hydrogens is 451 g/mol. The highest BCUT2D eigenvalue weighted by Gasteiger charge is 2.34. The van der Waals surface area contributed by atoms with Gasteiger partial charge in [0.05, 0.1) is 11.8 Å². The molecule has 0 fully saturated rings. The van der Waals surface area contributed by atoms with E-state index in [0.29, 0.717) is 28.2 Å². The van der Waals surface area contributed by atoms with Crippen LogP contribution in [0.25, 0.3) is 16.8 Å². The number of aromatic nitrogens is 3. The van der Waals surface area contributed by atoms with Crippen LogP contribution in [0.2, 0.25) is 0 Å². The van der Waals surface area contributed by atoms with Crippen LogP contribution in [-0.4, -0.2) is 26.1 Å². The number of nitrogens with two attached hydrogens (primary N) is 1. The van der Waals surface area contributed by atoms with Crippen LogP contribution in [0.4, 0.5) is 24.8 Å². The fraction of sp³-hybridized carbons (Fsp3) is 0.0476. The first-order valence-electron chi connectivity index (χ1n) is 9.85. The first-order chi connectivity index (χ1) is 16.3. The van der Waals surface area contributed by atoms with Crippen molar-refractivity contribution in [1.82, 2.24) is 30.9 Å². The van der Waals surface area contributed by atoms with E-state index in [9.17, 15) is 18.0 Å². The summed E-state index contributed by atoms with van der Waals surface area (Å²) in [6, 6.07) is 11.0. The minimum Gasteiger partial charge on any atom is -0.383 e. The minimum atomic E-state index is -4.62. The topological polar surface area (TPSA) is 134 Å². The van der Waals surface area contributed by atoms with E-state index >= 15 is 0 Å². The van der Waals surface area contributed by atoms with Crippen LogP contribution in [0.5, 0.6) is 0 Å². The Balaban J connectivity index is 1.40. The third kappa shape index (κ3) is 4.06. The number of halogens is 3. The van der Waals surface area contributed by atoms with E-state index in [1.165, 1.54) is 6.20 Å². The average Bonchev–Trinajstić information content (AvgIpc) is 3.48. The van der Waals surface area contributed by atoms with Gasteiger partial charge in [-0.15, -0.1) is 10.6 Å². The smallest absolute Gasteiger partial charge is 0.383 e. The fourth-order valence-corrected chi connectivity index (χ4v) is 3.41. The third-order valence-corrected chi connectivity index (χ3v) is 5.05. The number of nitrogens with one attached hydrogen (secondary N) is 4. The zero-order chi connectivity index (χ0) is 23.9. The van der Waals surface area contributed by atoms with E-state index in [2.05, 4.69) is 36.9 Å². The molecule has 0 atom stereocenters. The third-order valence-electron chi connectivity index (χ3n) is 5.05. The summed E-state index contributed by atoms with van der Waals surface area (Å²) in [4.78, 5) is 20.7. The molecule has 0 aliphatic carbocycles. The number of carbonyl (C=O) groups is 1. The summed E-state index contributed by atoms with van der Waals surface area (Å²) in [6.07, 6.45) is -0.191. The number of fused-ring (bicyclic) bond motifs is 1. The van der Waals surface area contributed by atoms with Crippen molar-refractivity contribution in [2.75, 3.05) is 11.1 Å². The number of hydrazone groups is 1. The molecule has 4 heterocycles. The molecule has 0 spiro atoms. The maximum absolute atomic E-state index is 13.2. The average molecular weight is 467 g/mol. The van der Waals surface area contributed by atoms with Crippen LogP contribution in [0, 0.1) is 0 Å². The number of alkyl halides is 3. The Labute approximate surface area is 189 Å². The zero-order valence-electron chi connectivity index (χ0n) is 17.2. The highest BCUT2D eigenvalue weighted by molar-refractivity contribution is 6.06. The van der Waals surface area contributed by atoms with Gasteiger partial charge >= 0.3 is 6.18 Å². The Morgan fingerprint density at radius 3 is 2.68 bits per heavy atom. The largest absolute Gasteiger partial charge is 0.419 e. The number of nitrogen functional groups attached to an aromatic ring is 1. The summed E-state index contributed by atoms with van der Waals surface area (Å²) in [5.74, 6) is -0.167. The standard InChI is InChI=1S/C21H16F3N9O/c22-21(23,24)15-7-14(8-26-18(15)25)13-4-5-17-27-16(10-33(17)9-13)28-20(34)12-3-1-2-11(6-12)19-29-31-32-30-19/h1-10,31-32H,(H2,25,26)(H,28,34)(H,29,30). The summed E-state index contributed by atoms with van der Waals surface area (Å²) in [7, 11) is 0. The summed E-state index contributed by atoms with van der Waals surface area (Å²) < 4.78 is 41.1. The van der Waals surface area contributed by atoms with Gasteiger partial charge in [-0.3, -0.25) is 10.2 Å². The number of nitrogens with zero attached hydrogens (tertiary/aromatic N) is 4. The second-order valence-electron chi connectivity index (χ2n) is 7.32. The van der Waals surface area contributed by atoms with Crippen LogP contribution < -0.4 is 27.5 Å². The molecule has 10 nitrogen and oxygen atoms in total. The molecule has 1 amide bonds. The number of hydrogen-bond donors (Lipinski definition) is 5. The van der Waals surface area contributed by atoms with Crippen molar-refractivity contribution in [2.45, 2.75) is 6.18 Å². The molecule has 0 unspecified atom stereocenters. The minimum absolute atomic E-state index is 0.243. The van der Waals surface area contributed by atoms with Gasteiger partial charge in [-0.05, 0) is 30.3 Å². The monoisotopic (exact) mass is 467 g/mol. The van der Waals surface area contributed by atoms with Crippen LogP contribution in [0.3, 0.4) is 0 Å². The van der Waals surface area contributed by atoms with Gasteiger partial charge in [-0.25, -0.2) is 15.5 Å². The van der Waals surface area contributed by atoms with E-state index in [1.54, 1.807) is 53.2 Å². The zero-order valence-corrected chi connectivity index (χ0v) is 17.2. The van der Waals surface area contributed by atoms with E-state index in [4.69, 9.17) is 5.73 Å². The molecular formula is C21H16F3N9O. The maximum atomic E-state index is 13.2. The Morgan fingerprint density at radius 2 is 1.91 bits per heavy atom. The van der Waals surface area contributed by atoms with Gasteiger partial charge in [0, 0.05) is 34.6 Å². The molecule has 6 N–H and O–H groups in total. The van der Waals surface area contributed by atoms with Crippen LogP contribution in [0.15, 0.2) is 66.2 Å². The molecule has 1 aliphatic rings. The molecule has 34 heavy (non-hydrogen) atoms. The van der Waals surface area contributed by atoms with Crippen molar-refractivity contribution in [2.24, 2.45) is 5.10 Å². The van der Waals surface area contributed by atoms with E-state index in [0.717, 1.165) is 6.07 Å². The Kier molecular flexibility index (Phi) is 5.02. The van der Waals surface area contributed by atoms with Crippen molar-refractivity contribution in [1.29, 1.82) is 0 Å². The molecule has 3 aromatic heterocycles. The summed E-state index contributed by atoms with van der Waals surface area (Å²) in [5.41, 5.74) is 14.7. The van der Waals surface area contributed by atoms with Crippen molar-refractivity contribution < 1.29 is 18.0 Å². The van der Waals surface area contributed by atoms with Gasteiger partial charge in [0.1, 0.15) is 11.5 Å². The van der Waals surface area contributed by atoms with Crippen molar-refractivity contribution >= 4 is 29.0 Å². The Hall–Kier alpha value is -4.65. The van der Waals surface area contributed by atoms with E-state index in [-0.39, 0.29) is 17.3 Å². The normalized spacial score (nSPS) is 13.3. The van der Waals surface area contributed by atoms with Crippen molar-refractivity contribution in [3.63, 3.8) is 0 Å². The highest BCUT2D eigenvalue weighted by Crippen LogP contribution is 2.35. The predicted octanol–water partition coefficient (Wildman–Crippen LogP) is 2.52. The number of rotatable bonds is 4. The lowest BCUT2D eigenvalue weighted by Crippen LogP contribution is -2.35. The first-order valence-corrected chi connectivity index (χ1v) is 9.85. The SMILES string of the molecule is Nc1ncc(-c2ccc3nc(NC(=O)c4cccc(C5=NNNN5)c4)cn3c2)cc1C(F)(F)F. The van der Waals surface area contributed by atoms with Crippen LogP contribution in [0.1, 0.15) is 21.5 Å². The molecule has 1 aliphatic heterocycles. The highest BCUT2D eigenvalue weighted by atomic mass is 19.4. The van der Waals surface area contributed by atoms with Crippen molar-refractivity contribution in [3.05, 3.63) is 77.7 Å². The molecule has 4 aromatic rings. The number of amides is 1. The Bertz CT molecular complexity index is 1450. The summed E-state index contributed by atoms with van der Waals surface area (Å²) in [5, 5.41) is 6.72. The van der Waals surface area contributed by atoms with Gasteiger partial charge in [0.2, 0.25) is 0 Å². The van der Waals surface area contributed by atoms with Gasteiger partial charge in [0.15, 0.2) is 11.7 Å². The second kappa shape index (κ2) is 8.04. The van der Waals surface area contributed by atoms with Gasteiger partial charge < -0.3 is 15.5 Å². The van der Waals surface area contributed by atoms with Gasteiger partial charge in [0.25, 0.3) is 5.91 Å². The lowest BCUT2D eigenvalue weighted by Gasteiger charge is -2.11. The van der Waals surface area contributed by atoms with Crippen LogP contribution in [-0.2, 0) is 6.18 Å². The molecule has 5 rings (SSSR count). The van der Waals surface area contributed by atoms with Gasteiger partial charge in [-0.1, -0.05) is 12.1 Å². The maximum Gasteiger partial charge on any atom is 0.419 e. The molecule has 0 bridgehead atoms. The number of amidine groups is 1. The fourth-order valence-electron chi connectivity index (χ4n) is 3.41. The molecule has 1 aromatic carbocycles.